The molecule has 6 rings (SSSR count). The van der Waals surface area contributed by atoms with Crippen LogP contribution in [0.25, 0.3) is 0 Å². The smallest absolute Gasteiger partial charge is 0.247 e. The fourth-order valence-corrected chi connectivity index (χ4v) is 10.8. The van der Waals surface area contributed by atoms with Gasteiger partial charge < -0.3 is 36.4 Å². The molecule has 2 saturated heterocycles. The third-order valence-corrected chi connectivity index (χ3v) is 14.4. The summed E-state index contributed by atoms with van der Waals surface area (Å²) in [7, 11) is 3.30. The lowest BCUT2D eigenvalue weighted by atomic mass is 9.79. The molecule has 15 heteroatoms. The van der Waals surface area contributed by atoms with Crippen LogP contribution in [0.2, 0.25) is 0 Å². The van der Waals surface area contributed by atoms with Gasteiger partial charge in [-0.1, -0.05) is 60.4 Å². The molecule has 13 nitrogen and oxygen atoms in total. The molecule has 2 aromatic rings. The normalized spacial score (nSPS) is 22.2. The Morgan fingerprint density at radius 3 is 1.77 bits per heavy atom. The van der Waals surface area contributed by atoms with Crippen LogP contribution in [0.15, 0.2) is 48.5 Å². The van der Waals surface area contributed by atoms with Gasteiger partial charge in [-0.2, -0.15) is 0 Å². The Hall–Kier alpha value is -4.80. The average molecular weight is 882 g/mol. The van der Waals surface area contributed by atoms with E-state index < -0.39 is 48.1 Å². The summed E-state index contributed by atoms with van der Waals surface area (Å²) >= 11 is 3.00. The highest BCUT2D eigenvalue weighted by molar-refractivity contribution is 7.99. The predicted molar refractivity (Wildman–Crippen MR) is 244 cm³/mol. The van der Waals surface area contributed by atoms with Crippen LogP contribution in [0.4, 0.5) is 0 Å². The number of nitrogens with zero attached hydrogens (tertiary/aromatic N) is 2. The van der Waals surface area contributed by atoms with E-state index in [1.165, 1.54) is 45.1 Å². The third-order valence-electron chi connectivity index (χ3n) is 12.4. The van der Waals surface area contributed by atoms with Crippen LogP contribution in [-0.2, 0) is 41.6 Å². The number of aryl methyl sites for hydroxylation is 2. The lowest BCUT2D eigenvalue weighted by Crippen LogP contribution is -2.56. The zero-order valence-corrected chi connectivity index (χ0v) is 37.7. The van der Waals surface area contributed by atoms with Gasteiger partial charge in [0.25, 0.3) is 0 Å². The minimum Gasteiger partial charge on any atom is -0.347 e. The zero-order chi connectivity index (χ0) is 44.2. The summed E-state index contributed by atoms with van der Waals surface area (Å²) in [5.74, 6) is 11.3. The van der Waals surface area contributed by atoms with Crippen molar-refractivity contribution in [2.75, 3.05) is 37.4 Å². The van der Waals surface area contributed by atoms with Crippen molar-refractivity contribution in [1.29, 1.82) is 0 Å². The van der Waals surface area contributed by atoms with E-state index in [0.29, 0.717) is 29.7 Å². The number of nitrogens with one attached hydrogen (secondary N) is 5. The lowest BCUT2D eigenvalue weighted by molar-refractivity contribution is -0.141. The number of Topliss-reactive ketones (excluding diaryl/α,β-unsaturated/α-hetero) is 1. The number of carbonyl (C=O) groups excluding carboxylic acids is 6. The van der Waals surface area contributed by atoms with Gasteiger partial charge in [-0.3, -0.25) is 28.8 Å². The van der Waals surface area contributed by atoms with Crippen molar-refractivity contribution in [3.05, 3.63) is 70.8 Å². The summed E-state index contributed by atoms with van der Waals surface area (Å²) in [6.07, 6.45) is 5.92. The summed E-state index contributed by atoms with van der Waals surface area (Å²) in [6.45, 7) is 3.37. The molecule has 0 aromatic heterocycles. The van der Waals surface area contributed by atoms with Gasteiger partial charge in [0.15, 0.2) is 5.78 Å². The van der Waals surface area contributed by atoms with Crippen LogP contribution >= 0.6 is 23.5 Å². The number of ketones is 1. The Labute approximate surface area is 374 Å². The maximum absolute atomic E-state index is 14.1. The van der Waals surface area contributed by atoms with Crippen molar-refractivity contribution in [3.63, 3.8) is 0 Å². The van der Waals surface area contributed by atoms with Crippen LogP contribution in [-0.4, -0.2) is 119 Å². The van der Waals surface area contributed by atoms with Gasteiger partial charge in [0.1, 0.15) is 24.2 Å². The summed E-state index contributed by atoms with van der Waals surface area (Å²) in [5.41, 5.74) is 4.82. The molecular formula is C47H59N7O6S2. The minimum absolute atomic E-state index is 0.0189. The molecule has 5 amide bonds. The molecule has 2 aromatic carbocycles. The second-order valence-electron chi connectivity index (χ2n) is 16.4. The molecule has 4 aliphatic rings. The van der Waals surface area contributed by atoms with E-state index >= 15 is 0 Å². The van der Waals surface area contributed by atoms with E-state index in [1.807, 2.05) is 30.3 Å². The van der Waals surface area contributed by atoms with Crippen molar-refractivity contribution in [1.82, 2.24) is 36.4 Å². The van der Waals surface area contributed by atoms with Gasteiger partial charge in [-0.25, -0.2) is 0 Å². The molecule has 0 saturated carbocycles. The highest BCUT2D eigenvalue weighted by Gasteiger charge is 2.41. The van der Waals surface area contributed by atoms with Crippen LogP contribution in [0.5, 0.6) is 0 Å². The molecule has 330 valence electrons. The first kappa shape index (κ1) is 46.7. The van der Waals surface area contributed by atoms with Crippen molar-refractivity contribution >= 4 is 58.8 Å². The fourth-order valence-electron chi connectivity index (χ4n) is 8.47. The summed E-state index contributed by atoms with van der Waals surface area (Å²) in [5, 5.41) is 14.6. The summed E-state index contributed by atoms with van der Waals surface area (Å²) in [6, 6.07) is 11.7. The Balaban J connectivity index is 1.12. The molecule has 2 aliphatic carbocycles. The van der Waals surface area contributed by atoms with Crippen molar-refractivity contribution in [2.45, 2.75) is 120 Å². The Morgan fingerprint density at radius 2 is 1.19 bits per heavy atom. The molecule has 5 N–H and O–H groups in total. The monoisotopic (exact) mass is 881 g/mol. The number of benzene rings is 2. The van der Waals surface area contributed by atoms with E-state index in [4.69, 9.17) is 0 Å². The van der Waals surface area contributed by atoms with Crippen molar-refractivity contribution < 1.29 is 28.8 Å². The summed E-state index contributed by atoms with van der Waals surface area (Å²) in [4.78, 5) is 85.0. The average Bonchev–Trinajstić information content (AvgIpc) is 4.00. The number of likely N-dealkylation sites (N-methyl/N-ethyl adjacent to an activating group) is 2. The number of thioether (sulfide) groups is 2. The fraction of sp³-hybridized carbons (Fsp3) is 0.532. The van der Waals surface area contributed by atoms with Crippen LogP contribution < -0.4 is 26.6 Å². The molecule has 62 heavy (non-hydrogen) atoms. The first-order valence-corrected chi connectivity index (χ1v) is 24.0. The zero-order valence-electron chi connectivity index (χ0n) is 36.1. The number of fused-ring (bicyclic) bond motifs is 2. The van der Waals surface area contributed by atoms with E-state index in [1.54, 1.807) is 32.8 Å². The largest absolute Gasteiger partial charge is 0.347 e. The Kier molecular flexibility index (Phi) is 17.0. The molecular weight excluding hydrogens is 823 g/mol. The van der Waals surface area contributed by atoms with Crippen LogP contribution in [0, 0.1) is 23.7 Å². The molecule has 8 atom stereocenters. The van der Waals surface area contributed by atoms with Gasteiger partial charge in [0.2, 0.25) is 29.5 Å². The van der Waals surface area contributed by atoms with Gasteiger partial charge >= 0.3 is 0 Å². The van der Waals surface area contributed by atoms with E-state index in [2.05, 4.69) is 68.5 Å². The van der Waals surface area contributed by atoms with E-state index in [9.17, 15) is 28.8 Å². The first-order chi connectivity index (χ1) is 30.0. The van der Waals surface area contributed by atoms with E-state index in [-0.39, 0.29) is 48.3 Å². The highest BCUT2D eigenvalue weighted by atomic mass is 32.2. The van der Waals surface area contributed by atoms with Gasteiger partial charge in [0.05, 0.1) is 29.9 Å². The predicted octanol–water partition coefficient (Wildman–Crippen LogP) is 3.03. The quantitative estimate of drug-likeness (QED) is 0.168. The molecule has 2 heterocycles. The lowest BCUT2D eigenvalue weighted by Gasteiger charge is -2.31. The van der Waals surface area contributed by atoms with Gasteiger partial charge in [0, 0.05) is 30.8 Å². The molecule has 0 spiro atoms. The van der Waals surface area contributed by atoms with Gasteiger partial charge in [-0.15, -0.1) is 23.5 Å². The molecule has 0 unspecified atom stereocenters. The van der Waals surface area contributed by atoms with Crippen LogP contribution in [0.1, 0.15) is 93.0 Å². The SMILES string of the molecule is CN[C@@H](C)C(=O)N[C@@H](CC#CC#CC[C@H](NC(=O)[C@H](C)NC)C(=O)N1CSC[C@H]1C(=O)N[C@@H]1CCCc2ccccc21)C(=O)N1CSC[C@H]1C(=O)C[C@@H]1CCCc2ccccc21. The topological polar surface area (TPSA) is 169 Å². The maximum Gasteiger partial charge on any atom is 0.247 e. The van der Waals surface area contributed by atoms with Crippen molar-refractivity contribution in [2.24, 2.45) is 0 Å². The maximum atomic E-state index is 14.1. The highest BCUT2D eigenvalue weighted by Crippen LogP contribution is 2.36. The first-order valence-electron chi connectivity index (χ1n) is 21.7. The van der Waals surface area contributed by atoms with Crippen molar-refractivity contribution in [3.8, 4) is 23.7 Å². The molecule has 2 aliphatic heterocycles. The number of hydrogen-bond donors (Lipinski definition) is 5. The minimum atomic E-state index is -1.04. The van der Waals surface area contributed by atoms with Crippen LogP contribution in [0.3, 0.4) is 0 Å². The Bertz CT molecular complexity index is 1960. The number of carbonyl (C=O) groups is 6. The van der Waals surface area contributed by atoms with Gasteiger partial charge in [-0.05, 0) is 106 Å². The second-order valence-corrected chi connectivity index (χ2v) is 18.4. The molecule has 0 radical (unpaired) electrons. The standard InChI is InChI=1S/C47H59N7O6S2/c1-30(48-3)43(56)51-38(46(59)53-28-61-26-40(53)42(55)25-34-19-13-17-32-15-9-11-20-35(32)34)22-7-5-6-8-23-39(52-44(57)31(2)49-4)47(60)54-29-62-27-41(54)45(58)50-37-24-14-18-33-16-10-12-21-36(33)37/h9-12,15-16,20-21,30-31,34,37-41,48-49H,13-14,17-19,22-29H2,1-4H3,(H,50,58)(H,51,56)(H,52,57)/t30-,31-,34-,37+,38-,39-,40-,41-/m0/s1. The number of amides is 5. The van der Waals surface area contributed by atoms with E-state index in [0.717, 1.165) is 44.1 Å². The second kappa shape index (κ2) is 22.5. The number of hydrogen-bond acceptors (Lipinski definition) is 10. The molecule has 0 bridgehead atoms. The number of rotatable bonds is 15. The Morgan fingerprint density at radius 1 is 0.694 bits per heavy atom. The summed E-state index contributed by atoms with van der Waals surface area (Å²) < 4.78 is 0. The molecule has 2 fully saturated rings. The third kappa shape index (κ3) is 11.6.